The zero-order valence-corrected chi connectivity index (χ0v) is 10.4. The van der Waals surface area contributed by atoms with E-state index in [1.807, 2.05) is 0 Å². The fourth-order valence-electron chi connectivity index (χ4n) is 2.67. The number of benzene rings is 1. The van der Waals surface area contributed by atoms with Gasteiger partial charge in [-0.3, -0.25) is 4.90 Å². The van der Waals surface area contributed by atoms with E-state index < -0.39 is 0 Å². The Balaban J connectivity index is 1.86. The maximum atomic E-state index is 3.51. The number of rotatable bonds is 2. The maximum absolute atomic E-state index is 3.51. The van der Waals surface area contributed by atoms with E-state index in [0.29, 0.717) is 0 Å². The van der Waals surface area contributed by atoms with Gasteiger partial charge < -0.3 is 4.98 Å². The summed E-state index contributed by atoms with van der Waals surface area (Å²) in [5.41, 5.74) is 2.51. The number of hydrogen-bond donors (Lipinski definition) is 1. The van der Waals surface area contributed by atoms with E-state index in [4.69, 9.17) is 0 Å². The van der Waals surface area contributed by atoms with Gasteiger partial charge in [-0.25, -0.2) is 0 Å². The summed E-state index contributed by atoms with van der Waals surface area (Å²) in [6.07, 6.45) is 4.05. The fraction of sp³-hybridized carbons (Fsp3) is 0.400. The first kappa shape index (κ1) is 10.8. The molecule has 89 valence electrons. The highest BCUT2D eigenvalue weighted by Crippen LogP contribution is 2.25. The first-order chi connectivity index (χ1) is 8.34. The van der Waals surface area contributed by atoms with E-state index in [1.165, 1.54) is 55.0 Å². The van der Waals surface area contributed by atoms with Crippen molar-refractivity contribution >= 4 is 10.9 Å². The van der Waals surface area contributed by atoms with Gasteiger partial charge in [0.05, 0.1) is 6.04 Å². The maximum Gasteiger partial charge on any atom is 0.0823 e. The van der Waals surface area contributed by atoms with Crippen molar-refractivity contribution in [2.24, 2.45) is 0 Å². The highest BCUT2D eigenvalue weighted by Gasteiger charge is 2.20. The molecule has 0 atom stereocenters. The first-order valence-electron chi connectivity index (χ1n) is 6.51. The number of likely N-dealkylation sites (tertiary alicyclic amines) is 1. The van der Waals surface area contributed by atoms with E-state index >= 15 is 0 Å². The van der Waals surface area contributed by atoms with Crippen LogP contribution in [-0.2, 0) is 0 Å². The third-order valence-corrected chi connectivity index (χ3v) is 3.75. The second-order valence-electron chi connectivity index (χ2n) is 4.90. The Morgan fingerprint density at radius 3 is 2.65 bits per heavy atom. The standard InChI is InChI=1S/C15H19N2/c1-12(17-9-5-2-6-10-17)15-11-13-7-3-4-8-14(13)16-15/h3-4,7-8,11,16H,2,5-6,9-10H2,1H3. The van der Waals surface area contributed by atoms with Crippen molar-refractivity contribution in [3.63, 3.8) is 0 Å². The van der Waals surface area contributed by atoms with Crippen LogP contribution in [0.1, 0.15) is 31.9 Å². The van der Waals surface area contributed by atoms with Crippen LogP contribution in [0.25, 0.3) is 10.9 Å². The van der Waals surface area contributed by atoms with Crippen LogP contribution in [0.2, 0.25) is 0 Å². The van der Waals surface area contributed by atoms with Crippen molar-refractivity contribution in [1.82, 2.24) is 9.88 Å². The van der Waals surface area contributed by atoms with Crippen molar-refractivity contribution in [3.05, 3.63) is 42.1 Å². The number of hydrogen-bond acceptors (Lipinski definition) is 1. The Kier molecular flexibility index (Phi) is 2.89. The molecule has 0 bridgehead atoms. The fourth-order valence-corrected chi connectivity index (χ4v) is 2.67. The van der Waals surface area contributed by atoms with Gasteiger partial charge in [-0.05, 0) is 50.4 Å². The van der Waals surface area contributed by atoms with Crippen LogP contribution in [0.4, 0.5) is 0 Å². The average Bonchev–Trinajstić information content (AvgIpc) is 2.82. The van der Waals surface area contributed by atoms with Crippen molar-refractivity contribution in [2.45, 2.75) is 26.2 Å². The van der Waals surface area contributed by atoms with Gasteiger partial charge in [-0.1, -0.05) is 24.6 Å². The number of fused-ring (bicyclic) bond motifs is 1. The third-order valence-electron chi connectivity index (χ3n) is 3.75. The zero-order chi connectivity index (χ0) is 11.7. The molecule has 1 aliphatic heterocycles. The second kappa shape index (κ2) is 4.53. The topological polar surface area (TPSA) is 19.0 Å². The van der Waals surface area contributed by atoms with Gasteiger partial charge in [-0.2, -0.15) is 0 Å². The molecule has 17 heavy (non-hydrogen) atoms. The summed E-state index contributed by atoms with van der Waals surface area (Å²) in [4.78, 5) is 6.02. The third kappa shape index (κ3) is 2.09. The van der Waals surface area contributed by atoms with Crippen LogP contribution in [0.5, 0.6) is 0 Å². The molecule has 1 radical (unpaired) electrons. The minimum Gasteiger partial charge on any atom is -0.357 e. The van der Waals surface area contributed by atoms with Crippen LogP contribution in [0.15, 0.2) is 30.3 Å². The number of nitrogens with zero attached hydrogens (tertiary/aromatic N) is 1. The molecule has 2 heterocycles. The van der Waals surface area contributed by atoms with Gasteiger partial charge in [0.1, 0.15) is 0 Å². The molecule has 2 nitrogen and oxygen atoms in total. The monoisotopic (exact) mass is 227 g/mol. The molecule has 1 saturated heterocycles. The lowest BCUT2D eigenvalue weighted by Crippen LogP contribution is -2.32. The molecular weight excluding hydrogens is 208 g/mol. The number of piperidine rings is 1. The molecule has 0 aliphatic carbocycles. The Labute approximate surface area is 103 Å². The molecule has 1 fully saturated rings. The zero-order valence-electron chi connectivity index (χ0n) is 10.4. The predicted molar refractivity (Wildman–Crippen MR) is 71.7 cm³/mol. The Bertz CT molecular complexity index is 461. The van der Waals surface area contributed by atoms with Crippen LogP contribution >= 0.6 is 0 Å². The van der Waals surface area contributed by atoms with Crippen molar-refractivity contribution in [1.29, 1.82) is 0 Å². The largest absolute Gasteiger partial charge is 0.357 e. The van der Waals surface area contributed by atoms with E-state index in [9.17, 15) is 0 Å². The molecule has 0 amide bonds. The summed E-state index contributed by atoms with van der Waals surface area (Å²) >= 11 is 0. The molecule has 1 aromatic carbocycles. The van der Waals surface area contributed by atoms with Crippen molar-refractivity contribution in [3.8, 4) is 0 Å². The lowest BCUT2D eigenvalue weighted by molar-refractivity contribution is 0.251. The van der Waals surface area contributed by atoms with Gasteiger partial charge in [0, 0.05) is 11.2 Å². The molecule has 0 saturated carbocycles. The molecule has 1 aromatic heterocycles. The highest BCUT2D eigenvalue weighted by molar-refractivity contribution is 5.80. The number of nitrogens with one attached hydrogen (secondary N) is 1. The smallest absolute Gasteiger partial charge is 0.0823 e. The van der Waals surface area contributed by atoms with Crippen molar-refractivity contribution < 1.29 is 0 Å². The van der Waals surface area contributed by atoms with Crippen LogP contribution in [0.3, 0.4) is 0 Å². The predicted octanol–water partition coefficient (Wildman–Crippen LogP) is 3.55. The molecule has 1 N–H and O–H groups in total. The lowest BCUT2D eigenvalue weighted by Gasteiger charge is -2.31. The number of aromatic amines is 1. The van der Waals surface area contributed by atoms with Gasteiger partial charge in [0.2, 0.25) is 0 Å². The normalized spacial score (nSPS) is 18.0. The minimum atomic E-state index is 1.21. The Hall–Kier alpha value is -1.28. The summed E-state index contributed by atoms with van der Waals surface area (Å²) in [7, 11) is 0. The van der Waals surface area contributed by atoms with Gasteiger partial charge in [0.15, 0.2) is 0 Å². The van der Waals surface area contributed by atoms with Crippen molar-refractivity contribution in [2.75, 3.05) is 13.1 Å². The Morgan fingerprint density at radius 2 is 1.88 bits per heavy atom. The molecule has 2 aromatic rings. The average molecular weight is 227 g/mol. The molecular formula is C15H19N2. The lowest BCUT2D eigenvalue weighted by atomic mass is 10.1. The Morgan fingerprint density at radius 1 is 1.12 bits per heavy atom. The van der Waals surface area contributed by atoms with Gasteiger partial charge in [-0.15, -0.1) is 0 Å². The summed E-state index contributed by atoms with van der Waals surface area (Å²) < 4.78 is 0. The molecule has 1 aliphatic rings. The number of H-pyrrole nitrogens is 1. The number of para-hydroxylation sites is 1. The summed E-state index contributed by atoms with van der Waals surface area (Å²) in [6, 6.07) is 12.1. The van der Waals surface area contributed by atoms with Gasteiger partial charge in [0.25, 0.3) is 0 Å². The van der Waals surface area contributed by atoms with Crippen LogP contribution in [0, 0.1) is 6.04 Å². The quantitative estimate of drug-likeness (QED) is 0.831. The van der Waals surface area contributed by atoms with Crippen LogP contribution < -0.4 is 0 Å². The molecule has 3 rings (SSSR count). The minimum absolute atomic E-state index is 1.21. The highest BCUT2D eigenvalue weighted by atomic mass is 15.2. The second-order valence-corrected chi connectivity index (χ2v) is 4.90. The number of aromatic nitrogens is 1. The summed E-state index contributed by atoms with van der Waals surface area (Å²) in [5.74, 6) is 0. The molecule has 0 spiro atoms. The summed E-state index contributed by atoms with van der Waals surface area (Å²) in [6.45, 7) is 4.65. The first-order valence-corrected chi connectivity index (χ1v) is 6.51. The van der Waals surface area contributed by atoms with E-state index in [1.54, 1.807) is 0 Å². The summed E-state index contributed by atoms with van der Waals surface area (Å²) in [5, 5.41) is 1.30. The van der Waals surface area contributed by atoms with E-state index in [-0.39, 0.29) is 0 Å². The SMILES string of the molecule is C[C](c1cc2ccccc2[nH]1)N1CCCCC1. The van der Waals surface area contributed by atoms with Crippen LogP contribution in [-0.4, -0.2) is 23.0 Å². The van der Waals surface area contributed by atoms with E-state index in [2.05, 4.69) is 47.1 Å². The van der Waals surface area contributed by atoms with Gasteiger partial charge >= 0.3 is 0 Å². The van der Waals surface area contributed by atoms with E-state index in [0.717, 1.165) is 0 Å². The molecule has 0 unspecified atom stereocenters. The molecule has 2 heteroatoms.